The van der Waals surface area contributed by atoms with Gasteiger partial charge in [-0.2, -0.15) is 0 Å². The molecule has 0 aromatic heterocycles. The predicted molar refractivity (Wildman–Crippen MR) is 206 cm³/mol. The molecule has 0 spiro atoms. The summed E-state index contributed by atoms with van der Waals surface area (Å²) in [5.41, 5.74) is 0. The van der Waals surface area contributed by atoms with E-state index in [0.717, 1.165) is 38.5 Å². The van der Waals surface area contributed by atoms with Crippen molar-refractivity contribution in [3.05, 3.63) is 0 Å². The molecule has 0 aliphatic carbocycles. The van der Waals surface area contributed by atoms with Crippen LogP contribution in [0, 0.1) is 12.3 Å². The molecule has 0 aromatic carbocycles. The predicted octanol–water partition coefficient (Wildman–Crippen LogP) is 5.61. The van der Waals surface area contributed by atoms with Gasteiger partial charge in [0.25, 0.3) is 0 Å². The van der Waals surface area contributed by atoms with Crippen molar-refractivity contribution >= 4 is 41.5 Å². The van der Waals surface area contributed by atoms with Crippen molar-refractivity contribution in [1.82, 2.24) is 21.3 Å². The van der Waals surface area contributed by atoms with Crippen molar-refractivity contribution in [2.45, 2.75) is 192 Å². The van der Waals surface area contributed by atoms with Crippen molar-refractivity contribution in [1.29, 1.82) is 0 Å². The summed E-state index contributed by atoms with van der Waals surface area (Å²) in [5.74, 6) is -2.40. The highest BCUT2D eigenvalue weighted by Gasteiger charge is 2.23. The van der Waals surface area contributed by atoms with Crippen LogP contribution in [0.15, 0.2) is 0 Å². The number of hydrogen-bond donors (Lipinski definition) is 7. The molecule has 0 aliphatic heterocycles. The Balaban J connectivity index is 4.04. The molecule has 0 aliphatic rings. The van der Waals surface area contributed by atoms with Gasteiger partial charge in [-0.15, -0.1) is 12.3 Å². The number of carbonyl (C=O) groups excluding carboxylic acids is 4. The SMILES string of the molecule is C#CCCCNC(=O)CC[C@H](NC(=O)CC[C@@H](C)NC(=O)CC[C@H](NC(=O)CCCCCCCCCCCCCCCCCCC(=O)O)C(=O)O)C(=O)O. The molecule has 0 unspecified atom stereocenters. The quantitative estimate of drug-likeness (QED) is 0.0308. The van der Waals surface area contributed by atoms with Crippen molar-refractivity contribution < 1.29 is 48.9 Å². The lowest BCUT2D eigenvalue weighted by Crippen LogP contribution is -2.43. The Morgan fingerprint density at radius 3 is 1.28 bits per heavy atom. The van der Waals surface area contributed by atoms with E-state index in [1.54, 1.807) is 6.92 Å². The van der Waals surface area contributed by atoms with Crippen LogP contribution in [0.2, 0.25) is 0 Å². The van der Waals surface area contributed by atoms with Gasteiger partial charge in [-0.05, 0) is 45.4 Å². The van der Waals surface area contributed by atoms with E-state index < -0.39 is 47.8 Å². The molecular formula is C40H68N4O10. The summed E-state index contributed by atoms with van der Waals surface area (Å²) < 4.78 is 0. The molecule has 308 valence electrons. The Morgan fingerprint density at radius 2 is 0.852 bits per heavy atom. The number of aliphatic carboxylic acids is 3. The number of amides is 4. The summed E-state index contributed by atoms with van der Waals surface area (Å²) in [6.07, 6.45) is 24.2. The summed E-state index contributed by atoms with van der Waals surface area (Å²) in [6.45, 7) is 2.05. The van der Waals surface area contributed by atoms with Gasteiger partial charge >= 0.3 is 17.9 Å². The minimum absolute atomic E-state index is 0.0695. The molecule has 0 fully saturated rings. The van der Waals surface area contributed by atoms with Gasteiger partial charge in [0.05, 0.1) is 0 Å². The number of unbranched alkanes of at least 4 members (excludes halogenated alkanes) is 16. The zero-order valence-electron chi connectivity index (χ0n) is 32.6. The van der Waals surface area contributed by atoms with Gasteiger partial charge in [-0.3, -0.25) is 24.0 Å². The molecule has 54 heavy (non-hydrogen) atoms. The molecular weight excluding hydrogens is 696 g/mol. The fourth-order valence-electron chi connectivity index (χ4n) is 5.91. The van der Waals surface area contributed by atoms with Crippen molar-refractivity contribution in [3.63, 3.8) is 0 Å². The third kappa shape index (κ3) is 31.4. The van der Waals surface area contributed by atoms with E-state index in [-0.39, 0.29) is 63.2 Å². The standard InChI is InChI=1S/C40H68N4O10/c1-3-4-21-30-41-34(45)28-25-32(39(51)52)44-37(48)27-24-31(2)42-36(47)29-26-33(40(53)54)43-35(46)22-19-17-15-13-11-9-7-5-6-8-10-12-14-16-18-20-23-38(49)50/h1,31-33H,4-30H2,2H3,(H,41,45)(H,42,47)(H,43,46)(H,44,48)(H,49,50)(H,51,52)(H,53,54)/t31-,32+,33+/m1/s1. The molecule has 7 N–H and O–H groups in total. The Morgan fingerprint density at radius 1 is 0.481 bits per heavy atom. The van der Waals surface area contributed by atoms with Gasteiger partial charge < -0.3 is 36.6 Å². The number of hydrogen-bond acceptors (Lipinski definition) is 7. The number of carboxylic acid groups (broad SMARTS) is 3. The van der Waals surface area contributed by atoms with Crippen molar-refractivity contribution in [3.8, 4) is 12.3 Å². The summed E-state index contributed by atoms with van der Waals surface area (Å²) >= 11 is 0. The lowest BCUT2D eigenvalue weighted by atomic mass is 10.0. The third-order valence-corrected chi connectivity index (χ3v) is 9.16. The summed E-state index contributed by atoms with van der Waals surface area (Å²) in [7, 11) is 0. The highest BCUT2D eigenvalue weighted by atomic mass is 16.4. The number of carbonyl (C=O) groups is 7. The molecule has 14 nitrogen and oxygen atoms in total. The zero-order chi connectivity index (χ0) is 40.4. The lowest BCUT2D eigenvalue weighted by molar-refractivity contribution is -0.142. The second kappa shape index (κ2) is 33.4. The van der Waals surface area contributed by atoms with E-state index in [2.05, 4.69) is 27.2 Å². The first-order valence-corrected chi connectivity index (χ1v) is 20.1. The minimum atomic E-state index is -1.26. The van der Waals surface area contributed by atoms with Crippen LogP contribution in [0.5, 0.6) is 0 Å². The molecule has 0 heterocycles. The van der Waals surface area contributed by atoms with Crippen LogP contribution in [0.25, 0.3) is 0 Å². The van der Waals surface area contributed by atoms with Gasteiger partial charge in [0.15, 0.2) is 0 Å². The number of nitrogens with one attached hydrogen (secondary N) is 4. The molecule has 0 saturated heterocycles. The van der Waals surface area contributed by atoms with E-state index in [0.29, 0.717) is 25.8 Å². The smallest absolute Gasteiger partial charge is 0.326 e. The largest absolute Gasteiger partial charge is 0.481 e. The Bertz CT molecular complexity index is 1160. The van der Waals surface area contributed by atoms with Crippen LogP contribution in [-0.2, 0) is 33.6 Å². The van der Waals surface area contributed by atoms with E-state index in [9.17, 15) is 43.8 Å². The van der Waals surface area contributed by atoms with Gasteiger partial charge in [-0.1, -0.05) is 89.9 Å². The fraction of sp³-hybridized carbons (Fsp3) is 0.775. The second-order valence-corrected chi connectivity index (χ2v) is 14.2. The Kier molecular flexibility index (Phi) is 30.9. The maximum Gasteiger partial charge on any atom is 0.326 e. The molecule has 4 amide bonds. The van der Waals surface area contributed by atoms with Gasteiger partial charge in [0, 0.05) is 51.1 Å². The highest BCUT2D eigenvalue weighted by molar-refractivity contribution is 5.85. The number of carboxylic acids is 3. The van der Waals surface area contributed by atoms with Crippen LogP contribution in [-0.4, -0.2) is 81.5 Å². The Labute approximate surface area is 322 Å². The van der Waals surface area contributed by atoms with Crippen molar-refractivity contribution in [2.24, 2.45) is 0 Å². The van der Waals surface area contributed by atoms with Crippen LogP contribution in [0.3, 0.4) is 0 Å². The average molecular weight is 765 g/mol. The third-order valence-electron chi connectivity index (χ3n) is 9.16. The molecule has 3 atom stereocenters. The molecule has 0 aromatic rings. The van der Waals surface area contributed by atoms with E-state index in [1.807, 2.05) is 0 Å². The van der Waals surface area contributed by atoms with Crippen LogP contribution in [0.4, 0.5) is 0 Å². The highest BCUT2D eigenvalue weighted by Crippen LogP contribution is 2.14. The fourth-order valence-corrected chi connectivity index (χ4v) is 5.91. The molecule has 0 saturated carbocycles. The maximum atomic E-state index is 12.4. The second-order valence-electron chi connectivity index (χ2n) is 14.2. The van der Waals surface area contributed by atoms with E-state index >= 15 is 0 Å². The number of terminal acetylenes is 1. The summed E-state index contributed by atoms with van der Waals surface area (Å²) in [6, 6.07) is -2.89. The van der Waals surface area contributed by atoms with E-state index in [4.69, 9.17) is 11.5 Å². The van der Waals surface area contributed by atoms with Crippen LogP contribution in [0.1, 0.15) is 174 Å². The number of rotatable bonds is 36. The maximum absolute atomic E-state index is 12.4. The zero-order valence-corrected chi connectivity index (χ0v) is 32.6. The van der Waals surface area contributed by atoms with Crippen molar-refractivity contribution in [2.75, 3.05) is 6.54 Å². The lowest BCUT2D eigenvalue weighted by Gasteiger charge is -2.18. The van der Waals surface area contributed by atoms with Gasteiger partial charge in [0.1, 0.15) is 12.1 Å². The molecule has 0 rings (SSSR count). The monoisotopic (exact) mass is 764 g/mol. The average Bonchev–Trinajstić information content (AvgIpc) is 3.11. The normalized spacial score (nSPS) is 12.4. The van der Waals surface area contributed by atoms with E-state index in [1.165, 1.54) is 57.8 Å². The summed E-state index contributed by atoms with van der Waals surface area (Å²) in [5, 5.41) is 37.9. The first-order chi connectivity index (χ1) is 25.8. The summed E-state index contributed by atoms with van der Waals surface area (Å²) in [4.78, 5) is 82.8. The molecule has 0 radical (unpaired) electrons. The topological polar surface area (TPSA) is 228 Å². The van der Waals surface area contributed by atoms with Crippen LogP contribution < -0.4 is 21.3 Å². The molecule has 14 heteroatoms. The van der Waals surface area contributed by atoms with Gasteiger partial charge in [0.2, 0.25) is 23.6 Å². The Hall–Kier alpha value is -4.15. The molecule has 0 bridgehead atoms. The first-order valence-electron chi connectivity index (χ1n) is 20.1. The first kappa shape index (κ1) is 49.9. The van der Waals surface area contributed by atoms with Gasteiger partial charge in [-0.25, -0.2) is 9.59 Å². The van der Waals surface area contributed by atoms with Crippen LogP contribution >= 0.6 is 0 Å². The minimum Gasteiger partial charge on any atom is -0.481 e.